The zero-order chi connectivity index (χ0) is 16.1. The monoisotopic (exact) mass is 311 g/mol. The lowest BCUT2D eigenvalue weighted by Crippen LogP contribution is -2.19. The van der Waals surface area contributed by atoms with Gasteiger partial charge in [0.25, 0.3) is 0 Å². The fourth-order valence-corrected chi connectivity index (χ4v) is 3.23. The highest BCUT2D eigenvalue weighted by Gasteiger charge is 2.13. The van der Waals surface area contributed by atoms with Crippen LogP contribution in [0.2, 0.25) is 0 Å². The fourth-order valence-electron chi connectivity index (χ4n) is 3.23. The molecule has 0 bridgehead atoms. The molecule has 0 spiro atoms. The summed E-state index contributed by atoms with van der Waals surface area (Å²) in [6.45, 7) is 4.17. The normalized spacial score (nSPS) is 15.9. The van der Waals surface area contributed by atoms with Crippen molar-refractivity contribution >= 4 is 17.5 Å². The molecule has 23 heavy (non-hydrogen) atoms. The molecular weight excluding hydrogens is 286 g/mol. The number of aryl methyl sites for hydroxylation is 2. The Morgan fingerprint density at radius 3 is 2.35 bits per heavy atom. The van der Waals surface area contributed by atoms with Crippen LogP contribution < -0.4 is 10.6 Å². The molecule has 122 valence electrons. The Labute approximate surface area is 137 Å². The molecule has 0 unspecified atom stereocenters. The van der Waals surface area contributed by atoms with Gasteiger partial charge in [0.05, 0.1) is 6.20 Å². The van der Waals surface area contributed by atoms with Crippen LogP contribution in [0, 0.1) is 13.8 Å². The average molecular weight is 311 g/mol. The summed E-state index contributed by atoms with van der Waals surface area (Å²) in [7, 11) is 0. The summed E-state index contributed by atoms with van der Waals surface area (Å²) in [5.74, 6) is 1.34. The second-order valence-corrected chi connectivity index (χ2v) is 6.50. The second kappa shape index (κ2) is 7.40. The summed E-state index contributed by atoms with van der Waals surface area (Å²) >= 11 is 0. The highest BCUT2D eigenvalue weighted by molar-refractivity contribution is 5.56. The third-order valence-electron chi connectivity index (χ3n) is 4.24. The summed E-state index contributed by atoms with van der Waals surface area (Å²) in [4.78, 5) is 4.56. The van der Waals surface area contributed by atoms with Gasteiger partial charge in [-0.3, -0.25) is 0 Å². The maximum atomic E-state index is 4.56. The summed E-state index contributed by atoms with van der Waals surface area (Å²) < 4.78 is 0. The van der Waals surface area contributed by atoms with Gasteiger partial charge in [-0.15, -0.1) is 5.10 Å². The minimum atomic E-state index is 0.503. The van der Waals surface area contributed by atoms with Gasteiger partial charge < -0.3 is 10.6 Å². The van der Waals surface area contributed by atoms with Crippen molar-refractivity contribution in [2.75, 3.05) is 10.6 Å². The van der Waals surface area contributed by atoms with E-state index in [-0.39, 0.29) is 0 Å². The first-order chi connectivity index (χ1) is 11.2. The van der Waals surface area contributed by atoms with Crippen molar-refractivity contribution in [1.29, 1.82) is 0 Å². The van der Waals surface area contributed by atoms with Crippen LogP contribution in [0.25, 0.3) is 0 Å². The van der Waals surface area contributed by atoms with Gasteiger partial charge in [-0.2, -0.15) is 10.1 Å². The van der Waals surface area contributed by atoms with E-state index in [2.05, 4.69) is 57.9 Å². The number of hydrogen-bond acceptors (Lipinski definition) is 5. The van der Waals surface area contributed by atoms with Crippen molar-refractivity contribution in [2.45, 2.75) is 58.4 Å². The molecule has 1 heterocycles. The molecule has 0 amide bonds. The molecule has 0 radical (unpaired) electrons. The Morgan fingerprint density at radius 1 is 0.957 bits per heavy atom. The Morgan fingerprint density at radius 2 is 1.65 bits per heavy atom. The van der Waals surface area contributed by atoms with E-state index in [1.807, 2.05) is 0 Å². The molecule has 1 aromatic heterocycles. The van der Waals surface area contributed by atoms with E-state index in [0.29, 0.717) is 12.0 Å². The minimum absolute atomic E-state index is 0.503. The van der Waals surface area contributed by atoms with Gasteiger partial charge in [0.2, 0.25) is 5.95 Å². The molecule has 2 N–H and O–H groups in total. The van der Waals surface area contributed by atoms with Crippen LogP contribution in [0.4, 0.5) is 17.5 Å². The summed E-state index contributed by atoms with van der Waals surface area (Å²) in [6, 6.07) is 6.82. The lowest BCUT2D eigenvalue weighted by molar-refractivity contribution is 0.617. The van der Waals surface area contributed by atoms with Crippen molar-refractivity contribution in [1.82, 2.24) is 15.2 Å². The highest BCUT2D eigenvalue weighted by atomic mass is 15.3. The number of benzene rings is 1. The number of anilines is 3. The molecule has 1 aliphatic rings. The van der Waals surface area contributed by atoms with Crippen LogP contribution in [-0.4, -0.2) is 21.2 Å². The van der Waals surface area contributed by atoms with Crippen LogP contribution in [0.5, 0.6) is 0 Å². The second-order valence-electron chi connectivity index (χ2n) is 6.50. The number of nitrogens with zero attached hydrogens (tertiary/aromatic N) is 3. The molecule has 0 saturated heterocycles. The van der Waals surface area contributed by atoms with Crippen molar-refractivity contribution in [2.24, 2.45) is 0 Å². The smallest absolute Gasteiger partial charge is 0.249 e. The molecule has 1 aliphatic carbocycles. The van der Waals surface area contributed by atoms with Gasteiger partial charge >= 0.3 is 0 Å². The van der Waals surface area contributed by atoms with Crippen molar-refractivity contribution in [3.63, 3.8) is 0 Å². The van der Waals surface area contributed by atoms with E-state index in [1.54, 1.807) is 6.20 Å². The quantitative estimate of drug-likeness (QED) is 0.821. The Bertz CT molecular complexity index is 627. The molecule has 0 atom stereocenters. The summed E-state index contributed by atoms with van der Waals surface area (Å²) in [5.41, 5.74) is 3.43. The molecule has 3 rings (SSSR count). The van der Waals surface area contributed by atoms with Gasteiger partial charge in [0.15, 0.2) is 5.82 Å². The number of hydrogen-bond donors (Lipinski definition) is 2. The molecule has 1 aromatic carbocycles. The SMILES string of the molecule is Cc1cc(C)cc(Nc2nncc(NC3CCCCCC3)n2)c1. The van der Waals surface area contributed by atoms with E-state index >= 15 is 0 Å². The van der Waals surface area contributed by atoms with Crippen LogP contribution in [-0.2, 0) is 0 Å². The van der Waals surface area contributed by atoms with Crippen LogP contribution in [0.15, 0.2) is 24.4 Å². The third-order valence-corrected chi connectivity index (χ3v) is 4.24. The first-order valence-corrected chi connectivity index (χ1v) is 8.50. The zero-order valence-electron chi connectivity index (χ0n) is 14.0. The van der Waals surface area contributed by atoms with E-state index in [4.69, 9.17) is 0 Å². The van der Waals surface area contributed by atoms with Gasteiger partial charge in [0, 0.05) is 11.7 Å². The lowest BCUT2D eigenvalue weighted by atomic mass is 10.1. The Balaban J connectivity index is 1.69. The van der Waals surface area contributed by atoms with Crippen molar-refractivity contribution in [3.8, 4) is 0 Å². The molecular formula is C18H25N5. The molecule has 5 heteroatoms. The predicted octanol–water partition coefficient (Wildman–Crippen LogP) is 4.37. The number of aromatic nitrogens is 3. The van der Waals surface area contributed by atoms with Crippen molar-refractivity contribution in [3.05, 3.63) is 35.5 Å². The largest absolute Gasteiger partial charge is 0.366 e. The Hall–Kier alpha value is -2.17. The van der Waals surface area contributed by atoms with E-state index < -0.39 is 0 Å². The standard InChI is InChI=1S/C18H25N5/c1-13-9-14(2)11-16(10-13)21-18-22-17(12-19-23-18)20-15-7-5-3-4-6-8-15/h9-12,15H,3-8H2,1-2H3,(H2,20,21,22,23). The van der Waals surface area contributed by atoms with Crippen LogP contribution >= 0.6 is 0 Å². The van der Waals surface area contributed by atoms with Crippen molar-refractivity contribution < 1.29 is 0 Å². The molecule has 2 aromatic rings. The van der Waals surface area contributed by atoms with Gasteiger partial charge in [-0.25, -0.2) is 0 Å². The minimum Gasteiger partial charge on any atom is -0.366 e. The molecule has 5 nitrogen and oxygen atoms in total. The average Bonchev–Trinajstić information content (AvgIpc) is 2.75. The van der Waals surface area contributed by atoms with E-state index in [1.165, 1.54) is 49.7 Å². The molecule has 1 saturated carbocycles. The first-order valence-electron chi connectivity index (χ1n) is 8.50. The summed E-state index contributed by atoms with van der Waals surface area (Å²) in [6.07, 6.45) is 9.42. The van der Waals surface area contributed by atoms with E-state index in [9.17, 15) is 0 Å². The maximum Gasteiger partial charge on any atom is 0.249 e. The van der Waals surface area contributed by atoms with E-state index in [0.717, 1.165) is 11.5 Å². The summed E-state index contributed by atoms with van der Waals surface area (Å²) in [5, 5.41) is 14.9. The number of nitrogens with one attached hydrogen (secondary N) is 2. The maximum absolute atomic E-state index is 4.56. The van der Waals surface area contributed by atoms with Gasteiger partial charge in [-0.1, -0.05) is 31.7 Å². The predicted molar refractivity (Wildman–Crippen MR) is 94.1 cm³/mol. The van der Waals surface area contributed by atoms with Crippen LogP contribution in [0.3, 0.4) is 0 Å². The van der Waals surface area contributed by atoms with Gasteiger partial charge in [0.1, 0.15) is 0 Å². The number of rotatable bonds is 4. The third kappa shape index (κ3) is 4.65. The molecule has 1 fully saturated rings. The topological polar surface area (TPSA) is 62.7 Å². The fraction of sp³-hybridized carbons (Fsp3) is 0.500. The lowest BCUT2D eigenvalue weighted by Gasteiger charge is -2.16. The molecule has 0 aliphatic heterocycles. The van der Waals surface area contributed by atoms with Gasteiger partial charge in [-0.05, 0) is 49.9 Å². The Kier molecular flexibility index (Phi) is 5.05. The highest BCUT2D eigenvalue weighted by Crippen LogP contribution is 2.21. The first kappa shape index (κ1) is 15.7. The van der Waals surface area contributed by atoms with Crippen LogP contribution in [0.1, 0.15) is 49.7 Å². The zero-order valence-corrected chi connectivity index (χ0v) is 14.0.